The number of rotatable bonds is 2. The van der Waals surface area contributed by atoms with Crippen molar-refractivity contribution in [2.24, 2.45) is 0 Å². The number of carbonyl (C=O) groups is 1. The molecule has 0 aliphatic rings. The van der Waals surface area contributed by atoms with E-state index in [2.05, 4.69) is 9.97 Å². The molecule has 0 fully saturated rings. The van der Waals surface area contributed by atoms with Crippen LogP contribution in [0.25, 0.3) is 21.6 Å². The highest BCUT2D eigenvalue weighted by atomic mass is 32.1. The fraction of sp³-hybridized carbons (Fsp3) is 0.0833. The molecule has 0 aromatic carbocycles. The first kappa shape index (κ1) is 12.1. The first-order chi connectivity index (χ1) is 9.08. The third-order valence-corrected chi connectivity index (χ3v) is 4.65. The Bertz CT molecular complexity index is 831. The number of carboxylic acids is 1. The van der Waals surface area contributed by atoms with E-state index in [1.807, 2.05) is 16.8 Å². The maximum atomic E-state index is 12.1. The van der Waals surface area contributed by atoms with E-state index in [1.54, 1.807) is 6.92 Å². The van der Waals surface area contributed by atoms with Crippen LogP contribution in [0.4, 0.5) is 0 Å². The van der Waals surface area contributed by atoms with Crippen LogP contribution in [0.1, 0.15) is 15.2 Å². The van der Waals surface area contributed by atoms with Crippen molar-refractivity contribution in [3.63, 3.8) is 0 Å². The maximum Gasteiger partial charge on any atom is 0.346 e. The summed E-state index contributed by atoms with van der Waals surface area (Å²) in [4.78, 5) is 30.8. The molecule has 0 unspecified atom stereocenters. The fourth-order valence-electron chi connectivity index (χ4n) is 1.88. The molecule has 7 heteroatoms. The van der Waals surface area contributed by atoms with E-state index in [4.69, 9.17) is 5.11 Å². The highest BCUT2D eigenvalue weighted by Gasteiger charge is 2.18. The second-order valence-electron chi connectivity index (χ2n) is 3.97. The zero-order valence-electron chi connectivity index (χ0n) is 9.76. The maximum absolute atomic E-state index is 12.1. The predicted molar refractivity (Wildman–Crippen MR) is 75.3 cm³/mol. The van der Waals surface area contributed by atoms with Crippen molar-refractivity contribution in [2.75, 3.05) is 0 Å². The van der Waals surface area contributed by atoms with Gasteiger partial charge in [0.25, 0.3) is 5.56 Å². The standard InChI is InChI=1S/C12H8N2O3S2/c1-5-7-10(15)13-9(6-2-3-18-4-6)14-11(7)19-8(5)12(16)17/h2-4H,1H3,(H,16,17)(H,13,14,15). The minimum absolute atomic E-state index is 0.162. The Morgan fingerprint density at radius 2 is 2.26 bits per heavy atom. The van der Waals surface area contributed by atoms with E-state index >= 15 is 0 Å². The molecule has 0 aliphatic carbocycles. The predicted octanol–water partition coefficient (Wildman–Crippen LogP) is 2.72. The van der Waals surface area contributed by atoms with E-state index in [9.17, 15) is 9.59 Å². The van der Waals surface area contributed by atoms with Gasteiger partial charge in [-0.2, -0.15) is 11.3 Å². The van der Waals surface area contributed by atoms with Crippen LogP contribution < -0.4 is 5.56 Å². The van der Waals surface area contributed by atoms with E-state index in [0.29, 0.717) is 21.6 Å². The Morgan fingerprint density at radius 1 is 1.47 bits per heavy atom. The molecule has 0 aliphatic heterocycles. The normalized spacial score (nSPS) is 11.0. The summed E-state index contributed by atoms with van der Waals surface area (Å²) in [5.41, 5.74) is 0.998. The molecule has 3 aromatic heterocycles. The lowest BCUT2D eigenvalue weighted by molar-refractivity contribution is 0.0701. The molecule has 3 aromatic rings. The van der Waals surface area contributed by atoms with Crippen LogP contribution in [0.2, 0.25) is 0 Å². The van der Waals surface area contributed by atoms with Gasteiger partial charge in [0.2, 0.25) is 0 Å². The Hall–Kier alpha value is -1.99. The number of aromatic nitrogens is 2. The Balaban J connectivity index is 2.33. The quantitative estimate of drug-likeness (QED) is 0.760. The van der Waals surface area contributed by atoms with Gasteiger partial charge in [0, 0.05) is 10.9 Å². The monoisotopic (exact) mass is 292 g/mol. The molecule has 96 valence electrons. The van der Waals surface area contributed by atoms with Crippen molar-refractivity contribution in [2.45, 2.75) is 6.92 Å². The number of nitrogens with one attached hydrogen (secondary N) is 1. The summed E-state index contributed by atoms with van der Waals surface area (Å²) in [6.07, 6.45) is 0. The van der Waals surface area contributed by atoms with Crippen molar-refractivity contribution in [3.8, 4) is 11.4 Å². The summed E-state index contributed by atoms with van der Waals surface area (Å²) in [6, 6.07) is 1.85. The Morgan fingerprint density at radius 3 is 2.89 bits per heavy atom. The second kappa shape index (κ2) is 4.29. The summed E-state index contributed by atoms with van der Waals surface area (Å²) in [6.45, 7) is 1.63. The van der Waals surface area contributed by atoms with Crippen molar-refractivity contribution in [1.29, 1.82) is 0 Å². The van der Waals surface area contributed by atoms with Crippen molar-refractivity contribution in [1.82, 2.24) is 9.97 Å². The van der Waals surface area contributed by atoms with Gasteiger partial charge in [-0.1, -0.05) is 0 Å². The molecular weight excluding hydrogens is 284 g/mol. The minimum Gasteiger partial charge on any atom is -0.477 e. The smallest absolute Gasteiger partial charge is 0.346 e. The lowest BCUT2D eigenvalue weighted by Crippen LogP contribution is -2.09. The molecule has 19 heavy (non-hydrogen) atoms. The Kier molecular flexibility index (Phi) is 2.72. The Labute approximate surface area is 115 Å². The van der Waals surface area contributed by atoms with E-state index in [-0.39, 0.29) is 10.4 Å². The third-order valence-electron chi connectivity index (χ3n) is 2.79. The number of hydrogen-bond donors (Lipinski definition) is 2. The number of nitrogens with zero attached hydrogens (tertiary/aromatic N) is 1. The number of H-pyrrole nitrogens is 1. The van der Waals surface area contributed by atoms with E-state index in [0.717, 1.165) is 16.9 Å². The number of fused-ring (bicyclic) bond motifs is 1. The van der Waals surface area contributed by atoms with Crippen LogP contribution in [0, 0.1) is 6.92 Å². The van der Waals surface area contributed by atoms with Crippen molar-refractivity contribution >= 4 is 38.9 Å². The molecule has 3 heterocycles. The fourth-order valence-corrected chi connectivity index (χ4v) is 3.54. The first-order valence-corrected chi connectivity index (χ1v) is 7.13. The van der Waals surface area contributed by atoms with Gasteiger partial charge in [-0.15, -0.1) is 11.3 Å². The molecule has 5 nitrogen and oxygen atoms in total. The largest absolute Gasteiger partial charge is 0.477 e. The first-order valence-electron chi connectivity index (χ1n) is 5.37. The molecule has 0 saturated heterocycles. The van der Waals surface area contributed by atoms with Crippen molar-refractivity contribution < 1.29 is 9.90 Å². The van der Waals surface area contributed by atoms with Crippen LogP contribution in [-0.4, -0.2) is 21.0 Å². The van der Waals surface area contributed by atoms with Gasteiger partial charge in [-0.3, -0.25) is 4.79 Å². The lowest BCUT2D eigenvalue weighted by Gasteiger charge is -1.97. The van der Waals surface area contributed by atoms with Gasteiger partial charge < -0.3 is 10.1 Å². The average molecular weight is 292 g/mol. The lowest BCUT2D eigenvalue weighted by atomic mass is 10.2. The molecule has 0 amide bonds. The summed E-state index contributed by atoms with van der Waals surface area (Å²) in [5.74, 6) is -0.561. The van der Waals surface area contributed by atoms with Gasteiger partial charge >= 0.3 is 5.97 Å². The molecule has 2 N–H and O–H groups in total. The minimum atomic E-state index is -1.03. The molecule has 0 saturated carbocycles. The van der Waals surface area contributed by atoms with Crippen molar-refractivity contribution in [3.05, 3.63) is 37.6 Å². The van der Waals surface area contributed by atoms with Gasteiger partial charge in [0.15, 0.2) is 0 Å². The van der Waals surface area contributed by atoms with Crippen LogP contribution in [0.5, 0.6) is 0 Å². The van der Waals surface area contributed by atoms with E-state index < -0.39 is 5.97 Å². The number of aryl methyl sites for hydroxylation is 1. The van der Waals surface area contributed by atoms with Crippen LogP contribution in [0.15, 0.2) is 21.6 Å². The van der Waals surface area contributed by atoms with Gasteiger partial charge in [-0.25, -0.2) is 9.78 Å². The average Bonchev–Trinajstić information content (AvgIpc) is 2.96. The van der Waals surface area contributed by atoms with Gasteiger partial charge in [0.05, 0.1) is 5.39 Å². The number of aromatic carboxylic acids is 1. The summed E-state index contributed by atoms with van der Waals surface area (Å²) in [5, 5.41) is 13.2. The molecule has 0 bridgehead atoms. The van der Waals surface area contributed by atoms with E-state index in [1.165, 1.54) is 11.3 Å². The zero-order chi connectivity index (χ0) is 13.6. The van der Waals surface area contributed by atoms with Gasteiger partial charge in [0.1, 0.15) is 15.5 Å². The number of hydrogen-bond acceptors (Lipinski definition) is 5. The third kappa shape index (κ3) is 1.87. The number of carboxylic acid groups (broad SMARTS) is 1. The van der Waals surface area contributed by atoms with Crippen LogP contribution >= 0.6 is 22.7 Å². The highest BCUT2D eigenvalue weighted by Crippen LogP contribution is 2.28. The molecular formula is C12H8N2O3S2. The number of aromatic amines is 1. The molecule has 0 spiro atoms. The highest BCUT2D eigenvalue weighted by molar-refractivity contribution is 7.20. The second-order valence-corrected chi connectivity index (χ2v) is 5.75. The zero-order valence-corrected chi connectivity index (χ0v) is 11.4. The van der Waals surface area contributed by atoms with Crippen LogP contribution in [0.3, 0.4) is 0 Å². The SMILES string of the molecule is Cc1c(C(=O)O)sc2nc(-c3ccsc3)[nH]c(=O)c12. The van der Waals surface area contributed by atoms with Gasteiger partial charge in [-0.05, 0) is 23.9 Å². The number of thiophene rings is 2. The molecule has 0 radical (unpaired) electrons. The van der Waals surface area contributed by atoms with Crippen LogP contribution in [-0.2, 0) is 0 Å². The topological polar surface area (TPSA) is 83.0 Å². The molecule has 0 atom stereocenters. The summed E-state index contributed by atoms with van der Waals surface area (Å²) < 4.78 is 0. The molecule has 3 rings (SSSR count). The summed E-state index contributed by atoms with van der Waals surface area (Å²) >= 11 is 2.54. The summed E-state index contributed by atoms with van der Waals surface area (Å²) in [7, 11) is 0.